The van der Waals surface area contributed by atoms with Crippen LogP contribution in [0.15, 0.2) is 30.5 Å². The van der Waals surface area contributed by atoms with Gasteiger partial charge in [-0.15, -0.1) is 0 Å². The van der Waals surface area contributed by atoms with Gasteiger partial charge in [0.2, 0.25) is 0 Å². The number of H-pyrrole nitrogens is 2. The topological polar surface area (TPSA) is 99.3 Å². The number of carbonyl (C=O) groups is 1. The standard InChI is InChI=1S/C14H16N6OS/c1-22-7-6-11(18-14(21)12-8-15-20-19-12)13-16-9-4-2-3-5-10(9)17-13/h2-5,8,11H,6-7H2,1H3,(H,16,17)(H,18,21)(H,15,19,20)/t11-/m1/s1. The van der Waals surface area contributed by atoms with Gasteiger partial charge in [-0.3, -0.25) is 4.79 Å². The molecular formula is C14H16N6OS. The molecule has 2 heterocycles. The monoisotopic (exact) mass is 316 g/mol. The number of hydrogen-bond donors (Lipinski definition) is 3. The fraction of sp³-hybridized carbons (Fsp3) is 0.286. The normalized spacial score (nSPS) is 12.4. The largest absolute Gasteiger partial charge is 0.341 e. The minimum absolute atomic E-state index is 0.191. The first kappa shape index (κ1) is 14.6. The number of amides is 1. The molecule has 0 saturated carbocycles. The third-order valence-electron chi connectivity index (χ3n) is 3.30. The highest BCUT2D eigenvalue weighted by atomic mass is 32.2. The highest BCUT2D eigenvalue weighted by Crippen LogP contribution is 2.20. The van der Waals surface area contributed by atoms with Gasteiger partial charge in [-0.2, -0.15) is 27.2 Å². The smallest absolute Gasteiger partial charge is 0.274 e. The van der Waals surface area contributed by atoms with Crippen LogP contribution >= 0.6 is 11.8 Å². The molecule has 0 radical (unpaired) electrons. The van der Waals surface area contributed by atoms with Crippen molar-refractivity contribution in [1.82, 2.24) is 30.7 Å². The molecule has 0 bridgehead atoms. The van der Waals surface area contributed by atoms with Gasteiger partial charge in [-0.05, 0) is 30.6 Å². The molecule has 8 heteroatoms. The Bertz CT molecular complexity index is 721. The Hall–Kier alpha value is -2.35. The second-order valence-corrected chi connectivity index (χ2v) is 5.79. The molecule has 114 valence electrons. The summed E-state index contributed by atoms with van der Waals surface area (Å²) >= 11 is 1.73. The minimum Gasteiger partial charge on any atom is -0.341 e. The quantitative estimate of drug-likeness (QED) is 0.645. The number of benzene rings is 1. The predicted octanol–water partition coefficient (Wildman–Crippen LogP) is 1.91. The van der Waals surface area contributed by atoms with E-state index < -0.39 is 0 Å². The van der Waals surface area contributed by atoms with Crippen LogP contribution in [0.5, 0.6) is 0 Å². The van der Waals surface area contributed by atoms with E-state index in [0.717, 1.165) is 29.0 Å². The summed E-state index contributed by atoms with van der Waals surface area (Å²) < 4.78 is 0. The van der Waals surface area contributed by atoms with Crippen molar-refractivity contribution in [3.05, 3.63) is 42.0 Å². The van der Waals surface area contributed by atoms with Crippen LogP contribution in [0.1, 0.15) is 28.8 Å². The molecule has 0 aliphatic rings. The lowest BCUT2D eigenvalue weighted by atomic mass is 10.2. The number of nitrogens with zero attached hydrogens (tertiary/aromatic N) is 3. The van der Waals surface area contributed by atoms with E-state index >= 15 is 0 Å². The van der Waals surface area contributed by atoms with Gasteiger partial charge >= 0.3 is 0 Å². The van der Waals surface area contributed by atoms with E-state index in [4.69, 9.17) is 0 Å². The lowest BCUT2D eigenvalue weighted by Gasteiger charge is -2.15. The number of nitrogens with one attached hydrogen (secondary N) is 3. The van der Waals surface area contributed by atoms with Crippen LogP contribution < -0.4 is 5.32 Å². The average Bonchev–Trinajstić information content (AvgIpc) is 3.19. The van der Waals surface area contributed by atoms with Gasteiger partial charge in [0.25, 0.3) is 5.91 Å². The Labute approximate surface area is 131 Å². The minimum atomic E-state index is -0.264. The number of imidazole rings is 1. The van der Waals surface area contributed by atoms with E-state index in [9.17, 15) is 4.79 Å². The van der Waals surface area contributed by atoms with Crippen molar-refractivity contribution < 1.29 is 4.79 Å². The molecule has 2 aromatic heterocycles. The maximum absolute atomic E-state index is 12.2. The molecule has 0 fully saturated rings. The fourth-order valence-corrected chi connectivity index (χ4v) is 2.67. The number of fused-ring (bicyclic) bond motifs is 1. The number of rotatable bonds is 6. The molecule has 0 unspecified atom stereocenters. The van der Waals surface area contributed by atoms with Gasteiger partial charge in [0, 0.05) is 0 Å². The van der Waals surface area contributed by atoms with E-state index in [0.29, 0.717) is 0 Å². The van der Waals surface area contributed by atoms with Crippen molar-refractivity contribution in [2.75, 3.05) is 12.0 Å². The van der Waals surface area contributed by atoms with Gasteiger partial charge in [-0.1, -0.05) is 12.1 Å². The molecule has 7 nitrogen and oxygen atoms in total. The second kappa shape index (κ2) is 6.61. The Morgan fingerprint density at radius 2 is 2.27 bits per heavy atom. The van der Waals surface area contributed by atoms with Gasteiger partial charge in [0.1, 0.15) is 5.82 Å². The van der Waals surface area contributed by atoms with Crippen LogP contribution in [0.25, 0.3) is 11.0 Å². The second-order valence-electron chi connectivity index (χ2n) is 4.80. The molecule has 0 aliphatic carbocycles. The zero-order chi connectivity index (χ0) is 15.4. The maximum Gasteiger partial charge on any atom is 0.274 e. The molecule has 1 aromatic carbocycles. The zero-order valence-electron chi connectivity index (χ0n) is 12.0. The third kappa shape index (κ3) is 3.11. The number of aromatic amines is 2. The summed E-state index contributed by atoms with van der Waals surface area (Å²) in [5.41, 5.74) is 2.12. The van der Waals surface area contributed by atoms with Crippen molar-refractivity contribution in [2.24, 2.45) is 0 Å². The average molecular weight is 316 g/mol. The summed E-state index contributed by atoms with van der Waals surface area (Å²) in [4.78, 5) is 20.0. The molecule has 0 saturated heterocycles. The van der Waals surface area contributed by atoms with Crippen LogP contribution in [0.3, 0.4) is 0 Å². The van der Waals surface area contributed by atoms with E-state index in [1.54, 1.807) is 11.8 Å². The van der Waals surface area contributed by atoms with Crippen molar-refractivity contribution in [2.45, 2.75) is 12.5 Å². The summed E-state index contributed by atoms with van der Waals surface area (Å²) in [6.07, 6.45) is 4.22. The summed E-state index contributed by atoms with van der Waals surface area (Å²) in [6, 6.07) is 7.62. The maximum atomic E-state index is 12.2. The van der Waals surface area contributed by atoms with Crippen LogP contribution in [0.4, 0.5) is 0 Å². The Morgan fingerprint density at radius 1 is 1.41 bits per heavy atom. The Morgan fingerprint density at radius 3 is 3.00 bits per heavy atom. The first-order valence-electron chi connectivity index (χ1n) is 6.88. The lowest BCUT2D eigenvalue weighted by Crippen LogP contribution is -2.30. The van der Waals surface area contributed by atoms with Crippen LogP contribution in [-0.2, 0) is 0 Å². The first-order valence-corrected chi connectivity index (χ1v) is 8.27. The van der Waals surface area contributed by atoms with Crippen LogP contribution in [0, 0.1) is 0 Å². The highest BCUT2D eigenvalue weighted by Gasteiger charge is 2.20. The molecule has 0 spiro atoms. The molecule has 1 amide bonds. The van der Waals surface area contributed by atoms with Crippen molar-refractivity contribution in [1.29, 1.82) is 0 Å². The van der Waals surface area contributed by atoms with Crippen molar-refractivity contribution in [3.63, 3.8) is 0 Å². The van der Waals surface area contributed by atoms with Gasteiger partial charge in [0.15, 0.2) is 5.69 Å². The molecule has 3 aromatic rings. The SMILES string of the molecule is CSCC[C@@H](NC(=O)c1cn[nH]n1)c1nc2ccccc2[nH]1. The van der Waals surface area contributed by atoms with Crippen LogP contribution in [-0.4, -0.2) is 43.3 Å². The molecule has 3 rings (SSSR count). The lowest BCUT2D eigenvalue weighted by molar-refractivity contribution is 0.0929. The molecule has 22 heavy (non-hydrogen) atoms. The number of hydrogen-bond acceptors (Lipinski definition) is 5. The summed E-state index contributed by atoms with van der Waals surface area (Å²) in [6.45, 7) is 0. The number of para-hydroxylation sites is 2. The Kier molecular flexibility index (Phi) is 4.38. The van der Waals surface area contributed by atoms with E-state index in [1.807, 2.05) is 30.5 Å². The Balaban J connectivity index is 1.83. The summed E-state index contributed by atoms with van der Waals surface area (Å²) in [5.74, 6) is 1.41. The van der Waals surface area contributed by atoms with E-state index in [2.05, 4.69) is 30.7 Å². The predicted molar refractivity (Wildman–Crippen MR) is 85.7 cm³/mol. The van der Waals surface area contributed by atoms with E-state index in [1.165, 1.54) is 6.20 Å². The van der Waals surface area contributed by atoms with Gasteiger partial charge in [0.05, 0.1) is 23.3 Å². The van der Waals surface area contributed by atoms with Gasteiger partial charge in [-0.25, -0.2) is 4.98 Å². The zero-order valence-corrected chi connectivity index (χ0v) is 12.9. The first-order chi connectivity index (χ1) is 10.8. The fourth-order valence-electron chi connectivity index (χ4n) is 2.19. The number of carbonyl (C=O) groups excluding carboxylic acids is 1. The third-order valence-corrected chi connectivity index (χ3v) is 3.95. The van der Waals surface area contributed by atoms with Crippen LogP contribution in [0.2, 0.25) is 0 Å². The molecule has 1 atom stereocenters. The number of thioether (sulfide) groups is 1. The highest BCUT2D eigenvalue weighted by molar-refractivity contribution is 7.98. The van der Waals surface area contributed by atoms with E-state index in [-0.39, 0.29) is 17.6 Å². The molecule has 0 aliphatic heterocycles. The summed E-state index contributed by atoms with van der Waals surface area (Å²) in [5, 5.41) is 12.9. The van der Waals surface area contributed by atoms with Crippen molar-refractivity contribution in [3.8, 4) is 0 Å². The number of aromatic nitrogens is 5. The molecule has 3 N–H and O–H groups in total. The molecular weight excluding hydrogens is 300 g/mol. The van der Waals surface area contributed by atoms with Gasteiger partial charge < -0.3 is 10.3 Å². The van der Waals surface area contributed by atoms with Crippen molar-refractivity contribution >= 4 is 28.7 Å². The summed E-state index contributed by atoms with van der Waals surface area (Å²) in [7, 11) is 0.